The Morgan fingerprint density at radius 3 is 2.75 bits per heavy atom. The van der Waals surface area contributed by atoms with Crippen LogP contribution in [0.1, 0.15) is 38.2 Å². The predicted octanol–water partition coefficient (Wildman–Crippen LogP) is 2.83. The van der Waals surface area contributed by atoms with Crippen LogP contribution in [-0.2, 0) is 6.42 Å². The summed E-state index contributed by atoms with van der Waals surface area (Å²) in [5.74, 6) is 0.978. The van der Waals surface area contributed by atoms with Gasteiger partial charge in [-0.1, -0.05) is 18.6 Å². The molecule has 1 fully saturated rings. The summed E-state index contributed by atoms with van der Waals surface area (Å²) in [5.41, 5.74) is 6.86. The summed E-state index contributed by atoms with van der Waals surface area (Å²) in [4.78, 5) is 2.54. The van der Waals surface area contributed by atoms with Crippen LogP contribution in [0.4, 0.5) is 0 Å². The standard InChI is InChI=1S/C17H28N2O/c1-15-5-2-3-12-19(15)13-14-20-17-9-7-16(8-10-17)6-4-11-18/h7-10,15H,2-6,11-14,18H2,1H3. The third-order valence-corrected chi connectivity index (χ3v) is 4.18. The predicted molar refractivity (Wildman–Crippen MR) is 84.2 cm³/mol. The molecule has 1 saturated heterocycles. The van der Waals surface area contributed by atoms with Crippen molar-refractivity contribution < 1.29 is 4.74 Å². The minimum absolute atomic E-state index is 0.714. The molecule has 3 nitrogen and oxygen atoms in total. The maximum Gasteiger partial charge on any atom is 0.119 e. The van der Waals surface area contributed by atoms with E-state index in [-0.39, 0.29) is 0 Å². The molecular formula is C17H28N2O. The molecule has 0 bridgehead atoms. The van der Waals surface area contributed by atoms with Crippen LogP contribution < -0.4 is 10.5 Å². The second-order valence-corrected chi connectivity index (χ2v) is 5.77. The summed E-state index contributed by atoms with van der Waals surface area (Å²) in [7, 11) is 0. The van der Waals surface area contributed by atoms with Crippen LogP contribution in [-0.4, -0.2) is 37.2 Å². The van der Waals surface area contributed by atoms with Crippen molar-refractivity contribution in [1.29, 1.82) is 0 Å². The molecule has 1 unspecified atom stereocenters. The lowest BCUT2D eigenvalue weighted by atomic mass is 10.0. The number of ether oxygens (including phenoxy) is 1. The first-order valence-corrected chi connectivity index (χ1v) is 7.95. The highest BCUT2D eigenvalue weighted by atomic mass is 16.5. The van der Waals surface area contributed by atoms with Crippen molar-refractivity contribution in [2.24, 2.45) is 5.73 Å². The van der Waals surface area contributed by atoms with E-state index in [0.29, 0.717) is 6.04 Å². The molecule has 0 aromatic heterocycles. The topological polar surface area (TPSA) is 38.5 Å². The van der Waals surface area contributed by atoms with Gasteiger partial charge in [-0.25, -0.2) is 0 Å². The quantitative estimate of drug-likeness (QED) is 0.832. The van der Waals surface area contributed by atoms with Gasteiger partial charge in [-0.15, -0.1) is 0 Å². The highest BCUT2D eigenvalue weighted by Crippen LogP contribution is 2.17. The monoisotopic (exact) mass is 276 g/mol. The molecule has 1 aliphatic heterocycles. The second-order valence-electron chi connectivity index (χ2n) is 5.77. The van der Waals surface area contributed by atoms with Gasteiger partial charge in [0.1, 0.15) is 12.4 Å². The molecule has 0 spiro atoms. The number of benzene rings is 1. The minimum Gasteiger partial charge on any atom is -0.492 e. The molecule has 1 aliphatic rings. The lowest BCUT2D eigenvalue weighted by molar-refractivity contribution is 0.133. The third kappa shape index (κ3) is 4.80. The number of aryl methyl sites for hydroxylation is 1. The fourth-order valence-electron chi connectivity index (χ4n) is 2.83. The molecule has 3 heteroatoms. The molecule has 1 heterocycles. The van der Waals surface area contributed by atoms with Gasteiger partial charge in [-0.3, -0.25) is 4.90 Å². The van der Waals surface area contributed by atoms with Gasteiger partial charge in [0.15, 0.2) is 0 Å². The maximum atomic E-state index is 5.85. The van der Waals surface area contributed by atoms with Crippen LogP contribution in [0.3, 0.4) is 0 Å². The zero-order valence-corrected chi connectivity index (χ0v) is 12.7. The van der Waals surface area contributed by atoms with E-state index in [9.17, 15) is 0 Å². The molecule has 20 heavy (non-hydrogen) atoms. The summed E-state index contributed by atoms with van der Waals surface area (Å²) in [6, 6.07) is 9.16. The molecule has 2 rings (SSSR count). The zero-order chi connectivity index (χ0) is 14.2. The van der Waals surface area contributed by atoms with Crippen molar-refractivity contribution in [2.75, 3.05) is 26.2 Å². The van der Waals surface area contributed by atoms with Crippen molar-refractivity contribution in [1.82, 2.24) is 4.90 Å². The smallest absolute Gasteiger partial charge is 0.119 e. The van der Waals surface area contributed by atoms with Gasteiger partial charge >= 0.3 is 0 Å². The van der Waals surface area contributed by atoms with Crippen molar-refractivity contribution in [3.63, 3.8) is 0 Å². The number of nitrogens with zero attached hydrogens (tertiary/aromatic N) is 1. The van der Waals surface area contributed by atoms with Gasteiger partial charge < -0.3 is 10.5 Å². The van der Waals surface area contributed by atoms with Crippen LogP contribution >= 0.6 is 0 Å². The van der Waals surface area contributed by atoms with E-state index in [0.717, 1.165) is 38.3 Å². The normalized spacial score (nSPS) is 20.0. The van der Waals surface area contributed by atoms with E-state index in [2.05, 4.69) is 36.1 Å². The average Bonchev–Trinajstić information content (AvgIpc) is 2.48. The van der Waals surface area contributed by atoms with Gasteiger partial charge in [-0.2, -0.15) is 0 Å². The largest absolute Gasteiger partial charge is 0.492 e. The SMILES string of the molecule is CC1CCCCN1CCOc1ccc(CCCN)cc1. The van der Waals surface area contributed by atoms with Crippen LogP contribution in [0.15, 0.2) is 24.3 Å². The van der Waals surface area contributed by atoms with E-state index in [1.807, 2.05) is 0 Å². The lowest BCUT2D eigenvalue weighted by Crippen LogP contribution is -2.39. The summed E-state index contributed by atoms with van der Waals surface area (Å²) < 4.78 is 5.85. The lowest BCUT2D eigenvalue weighted by Gasteiger charge is -2.33. The van der Waals surface area contributed by atoms with Crippen molar-refractivity contribution in [3.8, 4) is 5.75 Å². The summed E-state index contributed by atoms with van der Waals surface area (Å²) >= 11 is 0. The molecule has 0 amide bonds. The molecule has 0 radical (unpaired) electrons. The Morgan fingerprint density at radius 2 is 2.05 bits per heavy atom. The summed E-state index contributed by atoms with van der Waals surface area (Å²) in [5, 5.41) is 0. The fraction of sp³-hybridized carbons (Fsp3) is 0.647. The van der Waals surface area contributed by atoms with E-state index in [1.165, 1.54) is 31.4 Å². The molecule has 1 atom stereocenters. The summed E-state index contributed by atoms with van der Waals surface area (Å²) in [6.07, 6.45) is 6.15. The minimum atomic E-state index is 0.714. The van der Waals surface area contributed by atoms with E-state index >= 15 is 0 Å². The fourth-order valence-corrected chi connectivity index (χ4v) is 2.83. The Hall–Kier alpha value is -1.06. The van der Waals surface area contributed by atoms with Crippen LogP contribution in [0.2, 0.25) is 0 Å². The number of rotatable bonds is 7. The number of hydrogen-bond acceptors (Lipinski definition) is 3. The van der Waals surface area contributed by atoms with Gasteiger partial charge in [0.25, 0.3) is 0 Å². The number of likely N-dealkylation sites (tertiary alicyclic amines) is 1. The molecule has 0 saturated carbocycles. The van der Waals surface area contributed by atoms with Crippen LogP contribution in [0.25, 0.3) is 0 Å². The highest BCUT2D eigenvalue weighted by molar-refractivity contribution is 5.27. The van der Waals surface area contributed by atoms with Crippen molar-refractivity contribution in [2.45, 2.75) is 45.1 Å². The molecule has 0 aliphatic carbocycles. The maximum absolute atomic E-state index is 5.85. The molecule has 1 aromatic rings. The third-order valence-electron chi connectivity index (χ3n) is 4.18. The first-order valence-electron chi connectivity index (χ1n) is 7.95. The second kappa shape index (κ2) is 8.28. The highest BCUT2D eigenvalue weighted by Gasteiger charge is 2.17. The van der Waals surface area contributed by atoms with Gasteiger partial charge in [0, 0.05) is 12.6 Å². The Balaban J connectivity index is 1.70. The average molecular weight is 276 g/mol. The number of piperidine rings is 1. The molecule has 1 aromatic carbocycles. The van der Waals surface area contributed by atoms with Gasteiger partial charge in [0.2, 0.25) is 0 Å². The molecule has 112 valence electrons. The van der Waals surface area contributed by atoms with E-state index < -0.39 is 0 Å². The first kappa shape index (κ1) is 15.3. The van der Waals surface area contributed by atoms with Crippen molar-refractivity contribution >= 4 is 0 Å². The van der Waals surface area contributed by atoms with Gasteiger partial charge in [0.05, 0.1) is 0 Å². The Bertz CT molecular complexity index is 377. The van der Waals surface area contributed by atoms with Crippen LogP contribution in [0, 0.1) is 0 Å². The number of nitrogens with two attached hydrogens (primary N) is 1. The van der Waals surface area contributed by atoms with E-state index in [1.54, 1.807) is 0 Å². The van der Waals surface area contributed by atoms with E-state index in [4.69, 9.17) is 10.5 Å². The molecule has 2 N–H and O–H groups in total. The van der Waals surface area contributed by atoms with Gasteiger partial charge in [-0.05, 0) is 63.4 Å². The zero-order valence-electron chi connectivity index (χ0n) is 12.7. The Morgan fingerprint density at radius 1 is 1.25 bits per heavy atom. The Kier molecular flexibility index (Phi) is 6.34. The Labute approximate surface area is 123 Å². The first-order chi connectivity index (χ1) is 9.79. The van der Waals surface area contributed by atoms with Crippen LogP contribution in [0.5, 0.6) is 5.75 Å². The molecular weight excluding hydrogens is 248 g/mol. The summed E-state index contributed by atoms with van der Waals surface area (Å²) in [6.45, 7) is 6.13. The number of hydrogen-bond donors (Lipinski definition) is 1. The van der Waals surface area contributed by atoms with Crippen molar-refractivity contribution in [3.05, 3.63) is 29.8 Å².